The number of rotatable bonds is 6. The third-order valence-electron chi connectivity index (χ3n) is 8.01. The second kappa shape index (κ2) is 10.6. The Hall–Kier alpha value is -3.27. The van der Waals surface area contributed by atoms with Crippen molar-refractivity contribution in [2.24, 2.45) is 11.8 Å². The zero-order valence-electron chi connectivity index (χ0n) is 21.8. The Morgan fingerprint density at radius 2 is 1.68 bits per heavy atom. The molecule has 1 saturated heterocycles. The van der Waals surface area contributed by atoms with Gasteiger partial charge in [0.1, 0.15) is 12.4 Å². The summed E-state index contributed by atoms with van der Waals surface area (Å²) >= 11 is 0. The molecule has 4 nitrogen and oxygen atoms in total. The molecule has 1 aliphatic carbocycles. The number of allylic oxidation sites excluding steroid dienone is 1. The van der Waals surface area contributed by atoms with Crippen LogP contribution in [0.15, 0.2) is 47.5 Å². The molecule has 3 aliphatic rings. The van der Waals surface area contributed by atoms with E-state index in [1.807, 2.05) is 18.2 Å². The third kappa shape index (κ3) is 6.06. The van der Waals surface area contributed by atoms with E-state index in [0.29, 0.717) is 62.1 Å². The summed E-state index contributed by atoms with van der Waals surface area (Å²) in [7, 11) is 0. The van der Waals surface area contributed by atoms with Crippen molar-refractivity contribution in [2.45, 2.75) is 51.5 Å². The van der Waals surface area contributed by atoms with Crippen molar-refractivity contribution in [1.29, 1.82) is 0 Å². The quantitative estimate of drug-likeness (QED) is 0.288. The second-order valence-electron chi connectivity index (χ2n) is 10.8. The Morgan fingerprint density at radius 1 is 0.975 bits per heavy atom. The van der Waals surface area contributed by atoms with Crippen LogP contribution in [0.25, 0.3) is 11.6 Å². The number of hydrogen-bond donors (Lipinski definition) is 1. The largest absolute Gasteiger partial charge is 0.489 e. The number of halogens is 6. The molecule has 0 amide bonds. The van der Waals surface area contributed by atoms with Gasteiger partial charge in [0, 0.05) is 17.7 Å². The molecular weight excluding hydrogens is 536 g/mol. The first-order valence-corrected chi connectivity index (χ1v) is 13.2. The van der Waals surface area contributed by atoms with Crippen LogP contribution in [0.3, 0.4) is 0 Å². The minimum atomic E-state index is -4.74. The fourth-order valence-electron chi connectivity index (χ4n) is 5.72. The van der Waals surface area contributed by atoms with Crippen LogP contribution in [-0.4, -0.2) is 35.7 Å². The highest BCUT2D eigenvalue weighted by Gasteiger charge is 2.38. The van der Waals surface area contributed by atoms with Gasteiger partial charge in [0.05, 0.1) is 11.1 Å². The van der Waals surface area contributed by atoms with E-state index in [9.17, 15) is 36.2 Å². The van der Waals surface area contributed by atoms with Crippen molar-refractivity contribution >= 4 is 17.6 Å². The lowest BCUT2D eigenvalue weighted by molar-refractivity contribution is -0.142. The highest BCUT2D eigenvalue weighted by Crippen LogP contribution is 2.45. The molecule has 0 radical (unpaired) electrons. The smallest absolute Gasteiger partial charge is 0.416 e. The highest BCUT2D eigenvalue weighted by atomic mass is 19.4. The van der Waals surface area contributed by atoms with Gasteiger partial charge in [-0.05, 0) is 116 Å². The molecule has 214 valence electrons. The summed E-state index contributed by atoms with van der Waals surface area (Å²) in [6, 6.07) is 7.30. The fraction of sp³-hybridized carbons (Fsp3) is 0.433. The number of carboxylic acid groups (broad SMARTS) is 1. The van der Waals surface area contributed by atoms with Crippen molar-refractivity contribution in [1.82, 2.24) is 4.90 Å². The van der Waals surface area contributed by atoms with Crippen molar-refractivity contribution in [3.63, 3.8) is 0 Å². The van der Waals surface area contributed by atoms with Gasteiger partial charge in [0.25, 0.3) is 0 Å². The minimum Gasteiger partial charge on any atom is -0.489 e. The second-order valence-corrected chi connectivity index (χ2v) is 10.8. The predicted octanol–water partition coefficient (Wildman–Crippen LogP) is 7.68. The first-order valence-electron chi connectivity index (χ1n) is 13.2. The van der Waals surface area contributed by atoms with Gasteiger partial charge in [-0.15, -0.1) is 0 Å². The Morgan fingerprint density at radius 3 is 2.27 bits per heavy atom. The molecule has 1 N–H and O–H groups in total. The molecule has 2 aromatic rings. The maximum atomic E-state index is 13.5. The van der Waals surface area contributed by atoms with E-state index in [2.05, 4.69) is 6.08 Å². The average molecular weight is 566 g/mol. The molecule has 0 aromatic heterocycles. The van der Waals surface area contributed by atoms with Gasteiger partial charge in [0.2, 0.25) is 0 Å². The summed E-state index contributed by atoms with van der Waals surface area (Å²) in [5.74, 6) is 0.126. The molecule has 40 heavy (non-hydrogen) atoms. The molecule has 2 aromatic carbocycles. The highest BCUT2D eigenvalue weighted by molar-refractivity contribution is 5.97. The number of nitrogens with zero attached hydrogens (tertiary/aromatic N) is 1. The number of likely N-dealkylation sites (tertiary alicyclic amines) is 1. The van der Waals surface area contributed by atoms with Crippen molar-refractivity contribution in [3.05, 3.63) is 75.4 Å². The normalized spacial score (nSPS) is 19.4. The monoisotopic (exact) mass is 565 g/mol. The van der Waals surface area contributed by atoms with Gasteiger partial charge in [-0.2, -0.15) is 26.3 Å². The number of ether oxygens (including phenoxy) is 1. The van der Waals surface area contributed by atoms with E-state index < -0.39 is 29.4 Å². The third-order valence-corrected chi connectivity index (χ3v) is 8.01. The summed E-state index contributed by atoms with van der Waals surface area (Å²) in [4.78, 5) is 13.4. The topological polar surface area (TPSA) is 49.8 Å². The number of piperidine rings is 1. The molecule has 10 heteroatoms. The van der Waals surface area contributed by atoms with Gasteiger partial charge < -0.3 is 9.84 Å². The lowest BCUT2D eigenvalue weighted by Gasteiger charge is -2.35. The Labute approximate surface area is 227 Å². The summed E-state index contributed by atoms with van der Waals surface area (Å²) in [5, 5.41) is 9.56. The summed E-state index contributed by atoms with van der Waals surface area (Å²) < 4.78 is 86.1. The van der Waals surface area contributed by atoms with Crippen molar-refractivity contribution in [3.8, 4) is 5.75 Å². The van der Waals surface area contributed by atoms with Crippen LogP contribution in [0.4, 0.5) is 26.3 Å². The maximum Gasteiger partial charge on any atom is 0.416 e. The zero-order valence-corrected chi connectivity index (χ0v) is 21.8. The van der Waals surface area contributed by atoms with Crippen LogP contribution in [0.1, 0.15) is 60.4 Å². The molecule has 1 saturated carbocycles. The summed E-state index contributed by atoms with van der Waals surface area (Å²) in [5.41, 5.74) is 1.43. The molecule has 5 rings (SSSR count). The van der Waals surface area contributed by atoms with Gasteiger partial charge in [-0.25, -0.2) is 4.79 Å². The Balaban J connectivity index is 1.31. The number of carboxylic acids is 1. The molecule has 0 atom stereocenters. The lowest BCUT2D eigenvalue weighted by atomic mass is 9.86. The Kier molecular flexibility index (Phi) is 7.50. The lowest BCUT2D eigenvalue weighted by Crippen LogP contribution is -2.35. The number of alkyl halides is 6. The van der Waals surface area contributed by atoms with Crippen LogP contribution in [0.5, 0.6) is 5.75 Å². The fourth-order valence-corrected chi connectivity index (χ4v) is 5.72. The molecular formula is C30H29F6NO3. The van der Waals surface area contributed by atoms with E-state index >= 15 is 0 Å². The zero-order chi connectivity index (χ0) is 28.8. The van der Waals surface area contributed by atoms with Crippen molar-refractivity contribution in [2.75, 3.05) is 19.7 Å². The predicted molar refractivity (Wildman–Crippen MR) is 137 cm³/mol. The number of carbonyl (C=O) groups is 1. The SMILES string of the molecule is C/C(C(=O)O)=C(\c1ccc2c(c1)C=C(C1CCN(Cc3cc(C(F)(F)F)ccc3C(F)(F)F)CC1)CO2)C1CC1. The number of fused-ring (bicyclic) bond motifs is 1. The first kappa shape index (κ1) is 28.3. The summed E-state index contributed by atoms with van der Waals surface area (Å²) in [6.45, 7) is 2.66. The minimum absolute atomic E-state index is 0.121. The number of aliphatic carboxylic acids is 1. The number of benzene rings is 2. The van der Waals surface area contributed by atoms with E-state index in [1.165, 1.54) is 0 Å². The van der Waals surface area contributed by atoms with Crippen molar-refractivity contribution < 1.29 is 41.0 Å². The first-order chi connectivity index (χ1) is 18.8. The van der Waals surface area contributed by atoms with Gasteiger partial charge in [-0.3, -0.25) is 4.90 Å². The number of hydrogen-bond acceptors (Lipinski definition) is 3. The molecule has 2 aliphatic heterocycles. The molecule has 0 spiro atoms. The molecule has 0 unspecified atom stereocenters. The van der Waals surface area contributed by atoms with E-state index in [-0.39, 0.29) is 23.9 Å². The van der Waals surface area contributed by atoms with Crippen LogP contribution in [0, 0.1) is 11.8 Å². The maximum absolute atomic E-state index is 13.5. The van der Waals surface area contributed by atoms with E-state index in [4.69, 9.17) is 4.74 Å². The molecule has 2 heterocycles. The van der Waals surface area contributed by atoms with Gasteiger partial charge >= 0.3 is 18.3 Å². The van der Waals surface area contributed by atoms with Crippen LogP contribution >= 0.6 is 0 Å². The Bertz CT molecular complexity index is 1360. The van der Waals surface area contributed by atoms with E-state index in [0.717, 1.165) is 35.1 Å². The van der Waals surface area contributed by atoms with Crippen LogP contribution in [0.2, 0.25) is 0 Å². The van der Waals surface area contributed by atoms with Gasteiger partial charge in [0.15, 0.2) is 0 Å². The molecule has 2 fully saturated rings. The summed E-state index contributed by atoms with van der Waals surface area (Å²) in [6.07, 6.45) is -4.23. The van der Waals surface area contributed by atoms with Gasteiger partial charge in [-0.1, -0.05) is 6.07 Å². The van der Waals surface area contributed by atoms with Crippen LogP contribution < -0.4 is 4.74 Å². The average Bonchev–Trinajstić information content (AvgIpc) is 3.73. The molecule has 0 bridgehead atoms. The van der Waals surface area contributed by atoms with E-state index in [1.54, 1.807) is 11.8 Å². The van der Waals surface area contributed by atoms with Crippen LogP contribution in [-0.2, 0) is 23.7 Å². The standard InChI is InChI=1S/C30H29F6NO3/c1-17(28(38)39)27(19-2-3-19)20-4-7-26-21(12-20)13-23(16-40-26)18-8-10-37(11-9-18)15-22-14-24(29(31,32)33)5-6-25(22)30(34,35)36/h4-7,12-14,18-19H,2-3,8-11,15-16H2,1H3,(H,38,39)/b27-17+.